The standard InChI is InChI=1S/C53H42BN3O/c1-51(2,3)31-23-27-45-36(29-31)53(37-30-32(52(4,5)6)24-28-46(37)58-45)34-16-8-11-19-40(34)55-41-20-12-9-17-38(41)54-47-33-15-7-10-18-39(33)56-42-21-13-14-22-43(42)57(50(47)56)44-26-25-35(53)49(55)48(44)54/h7-30H,1-6H3. The first-order valence-corrected chi connectivity index (χ1v) is 20.7. The van der Waals surface area contributed by atoms with Gasteiger partial charge in [-0.1, -0.05) is 126 Å². The summed E-state index contributed by atoms with van der Waals surface area (Å²) in [5, 5.41) is 1.31. The first-order chi connectivity index (χ1) is 28.1. The molecule has 1 spiro atoms. The summed E-state index contributed by atoms with van der Waals surface area (Å²) >= 11 is 0. The van der Waals surface area contributed by atoms with Gasteiger partial charge in [0.05, 0.1) is 27.7 Å². The second-order valence-electron chi connectivity index (χ2n) is 18.9. The van der Waals surface area contributed by atoms with Gasteiger partial charge in [-0.15, -0.1) is 0 Å². The van der Waals surface area contributed by atoms with E-state index in [1.165, 1.54) is 100 Å². The van der Waals surface area contributed by atoms with Crippen LogP contribution in [0.15, 0.2) is 146 Å². The van der Waals surface area contributed by atoms with E-state index in [0.717, 1.165) is 11.5 Å². The van der Waals surface area contributed by atoms with Crippen molar-refractivity contribution >= 4 is 67.7 Å². The number of para-hydroxylation sites is 5. The number of hydrogen-bond acceptors (Lipinski definition) is 2. The average molecular weight is 748 g/mol. The molecule has 2 aromatic heterocycles. The summed E-state index contributed by atoms with van der Waals surface area (Å²) in [7, 11) is 0. The first kappa shape index (κ1) is 32.6. The highest BCUT2D eigenvalue weighted by atomic mass is 16.5. The van der Waals surface area contributed by atoms with Crippen molar-refractivity contribution in [3.05, 3.63) is 179 Å². The largest absolute Gasteiger partial charge is 0.457 e. The van der Waals surface area contributed by atoms with Crippen LogP contribution in [-0.2, 0) is 16.2 Å². The Morgan fingerprint density at radius 1 is 0.500 bits per heavy atom. The summed E-state index contributed by atoms with van der Waals surface area (Å²) in [4.78, 5) is 2.61. The molecule has 4 aliphatic heterocycles. The second-order valence-corrected chi connectivity index (χ2v) is 18.9. The fraction of sp³-hybridized carbons (Fsp3) is 0.170. The Morgan fingerprint density at radius 3 is 1.81 bits per heavy atom. The molecule has 0 radical (unpaired) electrons. The monoisotopic (exact) mass is 747 g/mol. The van der Waals surface area contributed by atoms with Crippen LogP contribution in [0.4, 0.5) is 17.1 Å². The van der Waals surface area contributed by atoms with Gasteiger partial charge in [0, 0.05) is 28.2 Å². The van der Waals surface area contributed by atoms with Crippen LogP contribution in [0.1, 0.15) is 74.9 Å². The predicted molar refractivity (Wildman–Crippen MR) is 240 cm³/mol. The van der Waals surface area contributed by atoms with Crippen molar-refractivity contribution in [2.45, 2.75) is 57.8 Å². The third-order valence-electron chi connectivity index (χ3n) is 13.9. The maximum atomic E-state index is 7.04. The van der Waals surface area contributed by atoms with E-state index in [0.29, 0.717) is 0 Å². The van der Waals surface area contributed by atoms with Crippen LogP contribution in [0.25, 0.3) is 33.3 Å². The Bertz CT molecular complexity index is 3250. The first-order valence-electron chi connectivity index (χ1n) is 20.7. The molecular weight excluding hydrogens is 705 g/mol. The molecule has 0 unspecified atom stereocenters. The van der Waals surface area contributed by atoms with E-state index in [-0.39, 0.29) is 17.5 Å². The third-order valence-corrected chi connectivity index (χ3v) is 13.9. The van der Waals surface area contributed by atoms with Crippen LogP contribution in [-0.4, -0.2) is 15.7 Å². The van der Waals surface area contributed by atoms with E-state index in [1.807, 2.05) is 0 Å². The van der Waals surface area contributed by atoms with Gasteiger partial charge >= 0.3 is 0 Å². The number of fused-ring (bicyclic) bond motifs is 19. The van der Waals surface area contributed by atoms with Gasteiger partial charge in [0.15, 0.2) is 0 Å². The number of aromatic nitrogens is 2. The van der Waals surface area contributed by atoms with Crippen LogP contribution < -0.4 is 26.0 Å². The maximum absolute atomic E-state index is 7.04. The molecule has 278 valence electrons. The lowest BCUT2D eigenvalue weighted by Gasteiger charge is -2.52. The minimum absolute atomic E-state index is 0.0204. The highest BCUT2D eigenvalue weighted by Crippen LogP contribution is 2.64. The molecule has 0 amide bonds. The SMILES string of the molecule is CC(C)(C)c1ccc2c(c1)C1(c3cc(C(C)(C)C)ccc3O2)c2ccccc2N2c3ccccc3B3c4c(ccc1c42)-n1c2ccccc2n2c4ccccc4c3c12. The van der Waals surface area contributed by atoms with E-state index in [2.05, 4.69) is 201 Å². The maximum Gasteiger partial charge on any atom is 0.255 e. The van der Waals surface area contributed by atoms with E-state index in [1.54, 1.807) is 0 Å². The van der Waals surface area contributed by atoms with Crippen LogP contribution in [0.5, 0.6) is 11.5 Å². The summed E-state index contributed by atoms with van der Waals surface area (Å²) in [5.74, 6) is 1.84. The van der Waals surface area contributed by atoms with Gasteiger partial charge in [0.25, 0.3) is 6.71 Å². The zero-order valence-corrected chi connectivity index (χ0v) is 33.7. The number of hydrogen-bond donors (Lipinski definition) is 0. The summed E-state index contributed by atoms with van der Waals surface area (Å²) in [6.45, 7) is 13.9. The molecule has 0 N–H and O–H groups in total. The van der Waals surface area contributed by atoms with Crippen molar-refractivity contribution in [1.82, 2.24) is 8.97 Å². The highest BCUT2D eigenvalue weighted by molar-refractivity contribution is 7.01. The molecule has 7 aromatic carbocycles. The molecule has 0 saturated carbocycles. The van der Waals surface area contributed by atoms with Crippen molar-refractivity contribution in [2.75, 3.05) is 4.90 Å². The van der Waals surface area contributed by atoms with Gasteiger partial charge in [-0.25, -0.2) is 0 Å². The molecule has 13 rings (SSSR count). The van der Waals surface area contributed by atoms with E-state index in [9.17, 15) is 0 Å². The Hall–Kier alpha value is -6.46. The van der Waals surface area contributed by atoms with Crippen molar-refractivity contribution < 1.29 is 4.74 Å². The summed E-state index contributed by atoms with van der Waals surface area (Å²) < 4.78 is 12.1. The molecule has 0 bridgehead atoms. The molecule has 6 heterocycles. The zero-order valence-electron chi connectivity index (χ0n) is 33.7. The van der Waals surface area contributed by atoms with Crippen LogP contribution in [0.2, 0.25) is 0 Å². The molecule has 4 nitrogen and oxygen atoms in total. The summed E-state index contributed by atoms with van der Waals surface area (Å²) in [6.07, 6.45) is 0. The fourth-order valence-electron chi connectivity index (χ4n) is 11.3. The molecule has 58 heavy (non-hydrogen) atoms. The number of nitrogens with zero attached hydrogens (tertiary/aromatic N) is 3. The second kappa shape index (κ2) is 10.5. The zero-order chi connectivity index (χ0) is 39.0. The quantitative estimate of drug-likeness (QED) is 0.144. The summed E-state index contributed by atoms with van der Waals surface area (Å²) in [5.41, 5.74) is 20.8. The van der Waals surface area contributed by atoms with Gasteiger partial charge in [0.2, 0.25) is 0 Å². The third kappa shape index (κ3) is 3.75. The molecule has 4 aliphatic rings. The Labute approximate surface area is 339 Å². The van der Waals surface area contributed by atoms with Gasteiger partial charge in [-0.3, -0.25) is 8.97 Å². The number of imidazole rings is 1. The van der Waals surface area contributed by atoms with Gasteiger partial charge in [0.1, 0.15) is 17.1 Å². The topological polar surface area (TPSA) is 21.8 Å². The smallest absolute Gasteiger partial charge is 0.255 e. The number of anilines is 3. The van der Waals surface area contributed by atoms with Crippen LogP contribution in [0, 0.1) is 0 Å². The van der Waals surface area contributed by atoms with Crippen LogP contribution >= 0.6 is 0 Å². The minimum atomic E-state index is -0.670. The number of rotatable bonds is 0. The highest BCUT2D eigenvalue weighted by Gasteiger charge is 2.55. The van der Waals surface area contributed by atoms with Gasteiger partial charge in [-0.2, -0.15) is 0 Å². The Balaban J connectivity index is 1.26. The van der Waals surface area contributed by atoms with E-state index < -0.39 is 5.41 Å². The lowest BCUT2D eigenvalue weighted by molar-refractivity contribution is 0.430. The molecule has 9 aromatic rings. The molecule has 5 heteroatoms. The van der Waals surface area contributed by atoms with Crippen molar-refractivity contribution in [3.63, 3.8) is 0 Å². The van der Waals surface area contributed by atoms with Crippen molar-refractivity contribution in [3.8, 4) is 17.2 Å². The van der Waals surface area contributed by atoms with Crippen molar-refractivity contribution in [1.29, 1.82) is 0 Å². The van der Waals surface area contributed by atoms with Gasteiger partial charge < -0.3 is 9.64 Å². The lowest BCUT2D eigenvalue weighted by Crippen LogP contribution is -2.61. The Kier molecular flexibility index (Phi) is 5.92. The molecule has 0 aliphatic carbocycles. The van der Waals surface area contributed by atoms with E-state index >= 15 is 0 Å². The average Bonchev–Trinajstić information content (AvgIpc) is 3.75. The summed E-state index contributed by atoms with van der Waals surface area (Å²) in [6, 6.07) is 55.3. The fourth-order valence-corrected chi connectivity index (χ4v) is 11.3. The minimum Gasteiger partial charge on any atom is -0.457 e. The molecule has 0 saturated heterocycles. The van der Waals surface area contributed by atoms with Crippen molar-refractivity contribution in [2.24, 2.45) is 0 Å². The lowest BCUT2D eigenvalue weighted by atomic mass is 9.33. The van der Waals surface area contributed by atoms with Crippen LogP contribution in [0.3, 0.4) is 0 Å². The molecule has 0 fully saturated rings. The molecular formula is C53H42BN3O. The predicted octanol–water partition coefficient (Wildman–Crippen LogP) is 11.0. The van der Waals surface area contributed by atoms with E-state index in [4.69, 9.17) is 4.74 Å². The molecule has 0 atom stereocenters. The number of ether oxygens (including phenoxy) is 1. The van der Waals surface area contributed by atoms with Gasteiger partial charge in [-0.05, 0) is 116 Å². The normalized spacial score (nSPS) is 15.3. The number of benzene rings is 7. The Morgan fingerprint density at radius 2 is 1.10 bits per heavy atom.